The molecular weight excluding hydrogens is 248 g/mol. The number of phenols is 2. The van der Waals surface area contributed by atoms with Crippen molar-refractivity contribution in [1.82, 2.24) is 10.6 Å². The summed E-state index contributed by atoms with van der Waals surface area (Å²) in [5.41, 5.74) is 1.05. The number of urea groups is 1. The Labute approximate surface area is 109 Å². The van der Waals surface area contributed by atoms with Crippen molar-refractivity contribution in [3.05, 3.63) is 41.6 Å². The van der Waals surface area contributed by atoms with Gasteiger partial charge in [0.2, 0.25) is 0 Å². The first-order valence-corrected chi connectivity index (χ1v) is 5.51. The summed E-state index contributed by atoms with van der Waals surface area (Å²) in [5.74, 6) is -1.05. The number of carbonyl (C=O) groups is 2. The van der Waals surface area contributed by atoms with Gasteiger partial charge in [-0.2, -0.15) is 0 Å². The lowest BCUT2D eigenvalue weighted by molar-refractivity contribution is -0.115. The van der Waals surface area contributed by atoms with Crippen molar-refractivity contribution in [3.63, 3.8) is 0 Å². The van der Waals surface area contributed by atoms with Gasteiger partial charge in [0, 0.05) is 5.56 Å². The normalized spacial score (nSPS) is 16.3. The van der Waals surface area contributed by atoms with Gasteiger partial charge in [-0.3, -0.25) is 10.1 Å². The number of benzene rings is 1. The van der Waals surface area contributed by atoms with E-state index in [1.807, 2.05) is 0 Å². The van der Waals surface area contributed by atoms with Crippen LogP contribution in [0.4, 0.5) is 4.79 Å². The molecule has 6 nitrogen and oxygen atoms in total. The fourth-order valence-corrected chi connectivity index (χ4v) is 1.75. The van der Waals surface area contributed by atoms with E-state index in [0.717, 1.165) is 0 Å². The average molecular weight is 260 g/mol. The van der Waals surface area contributed by atoms with Crippen LogP contribution in [0, 0.1) is 0 Å². The molecule has 0 radical (unpaired) electrons. The third-order valence-corrected chi connectivity index (χ3v) is 2.59. The molecule has 3 amide bonds. The van der Waals surface area contributed by atoms with Crippen molar-refractivity contribution in [2.75, 3.05) is 0 Å². The molecule has 0 unspecified atom stereocenters. The Hall–Kier alpha value is -2.76. The standard InChI is InChI=1S/C13H12N2O4/c1-2-3-8-4-7(6-10(16)11(8)17)5-9-12(18)15-13(19)14-9/h2,4-6,16-17H,1,3H2,(H2,14,15,18,19)/b9-5-. The quantitative estimate of drug-likeness (QED) is 0.282. The Morgan fingerprint density at radius 3 is 2.53 bits per heavy atom. The average Bonchev–Trinajstić information content (AvgIpc) is 2.64. The molecular formula is C13H12N2O4. The van der Waals surface area contributed by atoms with Crippen LogP contribution in [0.25, 0.3) is 6.08 Å². The summed E-state index contributed by atoms with van der Waals surface area (Å²) in [7, 11) is 0. The molecule has 1 heterocycles. The van der Waals surface area contributed by atoms with Crippen molar-refractivity contribution in [2.24, 2.45) is 0 Å². The van der Waals surface area contributed by atoms with Gasteiger partial charge in [-0.1, -0.05) is 6.08 Å². The molecule has 1 aliphatic rings. The minimum absolute atomic E-state index is 0.0830. The van der Waals surface area contributed by atoms with E-state index in [2.05, 4.69) is 17.2 Å². The highest BCUT2D eigenvalue weighted by molar-refractivity contribution is 6.14. The van der Waals surface area contributed by atoms with Gasteiger partial charge in [-0.25, -0.2) is 4.79 Å². The van der Waals surface area contributed by atoms with Crippen LogP contribution < -0.4 is 10.6 Å². The molecule has 6 heteroatoms. The van der Waals surface area contributed by atoms with Crippen LogP contribution in [-0.4, -0.2) is 22.2 Å². The number of imide groups is 1. The molecule has 0 saturated carbocycles. The first-order valence-electron chi connectivity index (χ1n) is 5.51. The second-order valence-corrected chi connectivity index (χ2v) is 4.01. The maximum atomic E-state index is 11.4. The van der Waals surface area contributed by atoms with Gasteiger partial charge in [0.25, 0.3) is 5.91 Å². The summed E-state index contributed by atoms with van der Waals surface area (Å²) in [6, 6.07) is 2.30. The van der Waals surface area contributed by atoms with E-state index in [1.165, 1.54) is 12.1 Å². The fourth-order valence-electron chi connectivity index (χ4n) is 1.75. The lowest BCUT2D eigenvalue weighted by Gasteiger charge is -2.06. The highest BCUT2D eigenvalue weighted by Crippen LogP contribution is 2.31. The zero-order valence-corrected chi connectivity index (χ0v) is 9.93. The molecule has 98 valence electrons. The van der Waals surface area contributed by atoms with Crippen molar-refractivity contribution in [3.8, 4) is 11.5 Å². The molecule has 0 spiro atoms. The van der Waals surface area contributed by atoms with Crippen LogP contribution in [0.15, 0.2) is 30.5 Å². The van der Waals surface area contributed by atoms with Crippen molar-refractivity contribution < 1.29 is 19.8 Å². The minimum atomic E-state index is -0.592. The predicted octanol–water partition coefficient (Wildman–Crippen LogP) is 1.01. The van der Waals surface area contributed by atoms with Crippen LogP contribution in [0.2, 0.25) is 0 Å². The Morgan fingerprint density at radius 1 is 1.21 bits per heavy atom. The Morgan fingerprint density at radius 2 is 1.95 bits per heavy atom. The van der Waals surface area contributed by atoms with Gasteiger partial charge in [0.05, 0.1) is 0 Å². The number of hydrogen-bond acceptors (Lipinski definition) is 4. The van der Waals surface area contributed by atoms with E-state index in [4.69, 9.17) is 0 Å². The summed E-state index contributed by atoms with van der Waals surface area (Å²) in [6.45, 7) is 3.55. The van der Waals surface area contributed by atoms with Crippen molar-refractivity contribution in [2.45, 2.75) is 6.42 Å². The predicted molar refractivity (Wildman–Crippen MR) is 68.3 cm³/mol. The van der Waals surface area contributed by atoms with E-state index in [1.54, 1.807) is 12.1 Å². The second kappa shape index (κ2) is 4.85. The smallest absolute Gasteiger partial charge is 0.326 e. The molecule has 1 fully saturated rings. The van der Waals surface area contributed by atoms with Gasteiger partial charge in [-0.15, -0.1) is 6.58 Å². The number of amides is 3. The summed E-state index contributed by atoms with van der Waals surface area (Å²) >= 11 is 0. The van der Waals surface area contributed by atoms with Crippen molar-refractivity contribution >= 4 is 18.0 Å². The zero-order valence-electron chi connectivity index (χ0n) is 9.93. The van der Waals surface area contributed by atoms with Gasteiger partial charge < -0.3 is 15.5 Å². The minimum Gasteiger partial charge on any atom is -0.504 e. The molecule has 1 aliphatic heterocycles. The number of hydrogen-bond donors (Lipinski definition) is 4. The Kier molecular flexibility index (Phi) is 3.24. The zero-order chi connectivity index (χ0) is 14.0. The Bertz CT molecular complexity index is 605. The van der Waals surface area contributed by atoms with Gasteiger partial charge in [-0.05, 0) is 30.2 Å². The topological polar surface area (TPSA) is 98.7 Å². The van der Waals surface area contributed by atoms with E-state index in [-0.39, 0.29) is 17.2 Å². The first-order chi connectivity index (χ1) is 9.01. The van der Waals surface area contributed by atoms with E-state index in [0.29, 0.717) is 17.5 Å². The molecule has 0 atom stereocenters. The molecule has 2 rings (SSSR count). The summed E-state index contributed by atoms with van der Waals surface area (Å²) in [5, 5.41) is 23.6. The molecule has 1 saturated heterocycles. The fraction of sp³-hybridized carbons (Fsp3) is 0.0769. The molecule has 1 aromatic carbocycles. The molecule has 0 aromatic heterocycles. The monoisotopic (exact) mass is 260 g/mol. The van der Waals surface area contributed by atoms with Gasteiger partial charge in [0.1, 0.15) is 5.70 Å². The van der Waals surface area contributed by atoms with E-state index < -0.39 is 11.9 Å². The third-order valence-electron chi connectivity index (χ3n) is 2.59. The lowest BCUT2D eigenvalue weighted by Crippen LogP contribution is -2.22. The van der Waals surface area contributed by atoms with Crippen LogP contribution in [0.3, 0.4) is 0 Å². The highest BCUT2D eigenvalue weighted by Gasteiger charge is 2.22. The second-order valence-electron chi connectivity index (χ2n) is 4.01. The Balaban J connectivity index is 2.41. The maximum Gasteiger partial charge on any atom is 0.326 e. The number of nitrogens with one attached hydrogen (secondary N) is 2. The van der Waals surface area contributed by atoms with E-state index in [9.17, 15) is 19.8 Å². The third kappa shape index (κ3) is 2.57. The summed E-state index contributed by atoms with van der Waals surface area (Å²) in [6.07, 6.45) is 3.36. The van der Waals surface area contributed by atoms with Gasteiger partial charge in [0.15, 0.2) is 11.5 Å². The molecule has 4 N–H and O–H groups in total. The van der Waals surface area contributed by atoms with Crippen molar-refractivity contribution in [1.29, 1.82) is 0 Å². The van der Waals surface area contributed by atoms with E-state index >= 15 is 0 Å². The first kappa shape index (κ1) is 12.7. The van der Waals surface area contributed by atoms with Crippen LogP contribution >= 0.6 is 0 Å². The van der Waals surface area contributed by atoms with Gasteiger partial charge >= 0.3 is 6.03 Å². The largest absolute Gasteiger partial charge is 0.504 e. The number of phenolic OH excluding ortho intramolecular Hbond substituents is 2. The number of allylic oxidation sites excluding steroid dienone is 1. The summed E-state index contributed by atoms with van der Waals surface area (Å²) < 4.78 is 0. The molecule has 1 aromatic rings. The SMILES string of the molecule is C=CCc1cc(/C=C2\NC(=O)NC2=O)cc(O)c1O. The molecule has 19 heavy (non-hydrogen) atoms. The highest BCUT2D eigenvalue weighted by atomic mass is 16.3. The number of aromatic hydroxyl groups is 2. The number of carbonyl (C=O) groups excluding carboxylic acids is 2. The van der Waals surface area contributed by atoms with Crippen LogP contribution in [0.5, 0.6) is 11.5 Å². The lowest BCUT2D eigenvalue weighted by atomic mass is 10.0. The maximum absolute atomic E-state index is 11.4. The number of rotatable bonds is 3. The summed E-state index contributed by atoms with van der Waals surface area (Å²) in [4.78, 5) is 22.3. The van der Waals surface area contributed by atoms with Crippen LogP contribution in [0.1, 0.15) is 11.1 Å². The molecule has 0 bridgehead atoms. The van der Waals surface area contributed by atoms with Crippen LogP contribution in [-0.2, 0) is 11.2 Å². The molecule has 0 aliphatic carbocycles.